The molecule has 5 nitrogen and oxygen atoms in total. The number of benzene rings is 1. The van der Waals surface area contributed by atoms with Crippen LogP contribution in [0.3, 0.4) is 0 Å². The Morgan fingerprint density at radius 1 is 1.52 bits per heavy atom. The van der Waals surface area contributed by atoms with Crippen LogP contribution in [0.2, 0.25) is 0 Å². The van der Waals surface area contributed by atoms with E-state index in [4.69, 9.17) is 9.26 Å². The van der Waals surface area contributed by atoms with E-state index in [1.54, 1.807) is 13.2 Å². The van der Waals surface area contributed by atoms with Gasteiger partial charge < -0.3 is 14.6 Å². The van der Waals surface area contributed by atoms with Crippen molar-refractivity contribution in [2.24, 2.45) is 0 Å². The van der Waals surface area contributed by atoms with Crippen molar-refractivity contribution in [1.82, 2.24) is 15.5 Å². The van der Waals surface area contributed by atoms with Gasteiger partial charge in [-0.2, -0.15) is 4.98 Å². The molecule has 1 N–H and O–H groups in total. The van der Waals surface area contributed by atoms with E-state index in [1.807, 2.05) is 6.07 Å². The predicted octanol–water partition coefficient (Wildman–Crippen LogP) is 2.55. The second-order valence-corrected chi connectivity index (χ2v) is 5.90. The summed E-state index contributed by atoms with van der Waals surface area (Å²) in [5.74, 6) is 1.51. The molecule has 1 saturated heterocycles. The van der Waals surface area contributed by atoms with E-state index in [0.29, 0.717) is 17.5 Å². The highest BCUT2D eigenvalue weighted by molar-refractivity contribution is 7.98. The average molecular weight is 309 g/mol. The molecule has 1 aliphatic rings. The van der Waals surface area contributed by atoms with Crippen molar-refractivity contribution in [2.75, 3.05) is 13.7 Å². The van der Waals surface area contributed by atoms with Crippen LogP contribution >= 0.6 is 11.8 Å². The lowest BCUT2D eigenvalue weighted by Gasteiger charge is -2.04. The van der Waals surface area contributed by atoms with Crippen LogP contribution in [0.25, 0.3) is 0 Å². The number of hydrogen-bond donors (Lipinski definition) is 1. The molecule has 1 aliphatic heterocycles. The van der Waals surface area contributed by atoms with E-state index in [0.717, 1.165) is 17.9 Å². The molecule has 1 aromatic heterocycles. The molecule has 2 aromatic rings. The highest BCUT2D eigenvalue weighted by Gasteiger charge is 2.29. The molecule has 0 unspecified atom stereocenters. The maximum atomic E-state index is 13.1. The van der Waals surface area contributed by atoms with Crippen molar-refractivity contribution < 1.29 is 13.7 Å². The average Bonchev–Trinajstić information content (AvgIpc) is 3.14. The van der Waals surface area contributed by atoms with Gasteiger partial charge in [-0.1, -0.05) is 11.2 Å². The molecule has 0 amide bonds. The van der Waals surface area contributed by atoms with Gasteiger partial charge in [-0.25, -0.2) is 4.39 Å². The first-order valence-corrected chi connectivity index (χ1v) is 7.70. The van der Waals surface area contributed by atoms with Gasteiger partial charge in [0.25, 0.3) is 0 Å². The molecule has 2 heterocycles. The summed E-state index contributed by atoms with van der Waals surface area (Å²) in [7, 11) is 1.70. The number of methoxy groups -OCH3 is 1. The van der Waals surface area contributed by atoms with Crippen LogP contribution in [0, 0.1) is 5.82 Å². The third-order valence-electron chi connectivity index (χ3n) is 3.37. The Morgan fingerprint density at radius 3 is 3.19 bits per heavy atom. The van der Waals surface area contributed by atoms with Gasteiger partial charge in [0.05, 0.1) is 17.9 Å². The lowest BCUT2D eigenvalue weighted by atomic mass is 10.2. The van der Waals surface area contributed by atoms with E-state index in [2.05, 4.69) is 15.5 Å². The molecule has 0 saturated carbocycles. The zero-order valence-corrected chi connectivity index (χ0v) is 12.4. The van der Waals surface area contributed by atoms with Gasteiger partial charge in [0.2, 0.25) is 5.89 Å². The van der Waals surface area contributed by atoms with Crippen LogP contribution in [-0.2, 0) is 10.5 Å². The summed E-state index contributed by atoms with van der Waals surface area (Å²) in [6.07, 6.45) is 1.02. The largest absolute Gasteiger partial charge is 0.380 e. The lowest BCUT2D eigenvalue weighted by Crippen LogP contribution is -2.16. The third kappa shape index (κ3) is 3.61. The molecule has 7 heteroatoms. The first-order chi connectivity index (χ1) is 10.2. The van der Waals surface area contributed by atoms with Crippen LogP contribution < -0.4 is 5.32 Å². The minimum atomic E-state index is -0.241. The fraction of sp³-hybridized carbons (Fsp3) is 0.429. The summed E-state index contributed by atoms with van der Waals surface area (Å²) in [5, 5.41) is 7.26. The van der Waals surface area contributed by atoms with Crippen molar-refractivity contribution in [3.8, 4) is 0 Å². The normalized spacial score (nSPS) is 21.8. The molecule has 0 aliphatic carbocycles. The third-order valence-corrected chi connectivity index (χ3v) is 4.36. The summed E-state index contributed by atoms with van der Waals surface area (Å²) in [6, 6.07) is 6.51. The number of rotatable bonds is 5. The topological polar surface area (TPSA) is 60.2 Å². The molecular formula is C14H16FN3O2S. The number of thioether (sulfide) groups is 1. The van der Waals surface area contributed by atoms with Crippen LogP contribution in [0.1, 0.15) is 24.2 Å². The van der Waals surface area contributed by atoms with Crippen molar-refractivity contribution in [3.05, 3.63) is 41.8 Å². The molecule has 1 fully saturated rings. The number of hydrogen-bond acceptors (Lipinski definition) is 6. The molecular weight excluding hydrogens is 293 g/mol. The van der Waals surface area contributed by atoms with Crippen molar-refractivity contribution in [1.29, 1.82) is 0 Å². The van der Waals surface area contributed by atoms with Gasteiger partial charge in [-0.05, 0) is 24.6 Å². The molecule has 0 bridgehead atoms. The number of nitrogens with one attached hydrogen (secondary N) is 1. The molecule has 0 spiro atoms. The zero-order valence-electron chi connectivity index (χ0n) is 11.6. The second kappa shape index (κ2) is 6.55. The minimum Gasteiger partial charge on any atom is -0.380 e. The Hall–Kier alpha value is -1.44. The fourth-order valence-electron chi connectivity index (χ4n) is 2.24. The summed E-state index contributed by atoms with van der Waals surface area (Å²) in [5.41, 5.74) is 0. The Kier molecular flexibility index (Phi) is 4.52. The van der Waals surface area contributed by atoms with Gasteiger partial charge in [-0.15, -0.1) is 11.8 Å². The van der Waals surface area contributed by atoms with Crippen LogP contribution in [0.4, 0.5) is 4.39 Å². The van der Waals surface area contributed by atoms with Gasteiger partial charge in [0.1, 0.15) is 5.82 Å². The SMILES string of the molecule is CO[C@@H]1CN[C@@H](c2nc(CSc3cccc(F)c3)no2)C1. The van der Waals surface area contributed by atoms with Crippen LogP contribution in [0.15, 0.2) is 33.7 Å². The highest BCUT2D eigenvalue weighted by Crippen LogP contribution is 2.26. The number of halogens is 1. The van der Waals surface area contributed by atoms with Gasteiger partial charge in [0.15, 0.2) is 5.82 Å². The zero-order chi connectivity index (χ0) is 14.7. The molecule has 112 valence electrons. The van der Waals surface area contributed by atoms with Crippen molar-refractivity contribution in [3.63, 3.8) is 0 Å². The first-order valence-electron chi connectivity index (χ1n) is 6.71. The molecule has 0 radical (unpaired) electrons. The molecule has 3 rings (SSSR count). The van der Waals surface area contributed by atoms with E-state index in [9.17, 15) is 4.39 Å². The maximum Gasteiger partial charge on any atom is 0.243 e. The van der Waals surface area contributed by atoms with E-state index in [1.165, 1.54) is 23.9 Å². The number of ether oxygens (including phenoxy) is 1. The minimum absolute atomic E-state index is 0.0513. The van der Waals surface area contributed by atoms with Crippen LogP contribution in [-0.4, -0.2) is 29.9 Å². The Bertz CT molecular complexity index is 607. The van der Waals surface area contributed by atoms with Crippen LogP contribution in [0.5, 0.6) is 0 Å². The van der Waals surface area contributed by atoms with Gasteiger partial charge in [0, 0.05) is 18.6 Å². The fourth-order valence-corrected chi connectivity index (χ4v) is 3.03. The van der Waals surface area contributed by atoms with Crippen molar-refractivity contribution >= 4 is 11.8 Å². The van der Waals surface area contributed by atoms with Gasteiger partial charge >= 0.3 is 0 Å². The summed E-state index contributed by atoms with van der Waals surface area (Å²) < 4.78 is 23.7. The standard InChI is InChI=1S/C14H16FN3O2S/c1-19-10-6-12(16-7-10)14-17-13(18-20-14)8-21-11-4-2-3-9(15)5-11/h2-5,10,12,16H,6-8H2,1H3/t10-,12+/m0/s1. The van der Waals surface area contributed by atoms with Crippen molar-refractivity contribution in [2.45, 2.75) is 29.2 Å². The van der Waals surface area contributed by atoms with E-state index in [-0.39, 0.29) is 18.0 Å². The smallest absolute Gasteiger partial charge is 0.243 e. The Morgan fingerprint density at radius 2 is 2.43 bits per heavy atom. The molecule has 2 atom stereocenters. The summed E-state index contributed by atoms with van der Waals surface area (Å²) >= 11 is 1.48. The van der Waals surface area contributed by atoms with E-state index < -0.39 is 0 Å². The second-order valence-electron chi connectivity index (χ2n) is 4.85. The first kappa shape index (κ1) is 14.5. The molecule has 21 heavy (non-hydrogen) atoms. The molecule has 1 aromatic carbocycles. The van der Waals surface area contributed by atoms with Gasteiger partial charge in [-0.3, -0.25) is 0 Å². The lowest BCUT2D eigenvalue weighted by molar-refractivity contribution is 0.116. The van der Waals surface area contributed by atoms with E-state index >= 15 is 0 Å². The summed E-state index contributed by atoms with van der Waals surface area (Å²) in [6.45, 7) is 0.789. The Balaban J connectivity index is 1.58. The quantitative estimate of drug-likeness (QED) is 0.857. The monoisotopic (exact) mass is 309 g/mol. The highest BCUT2D eigenvalue weighted by atomic mass is 32.2. The predicted molar refractivity (Wildman–Crippen MR) is 76.4 cm³/mol. The summed E-state index contributed by atoms with van der Waals surface area (Å²) in [4.78, 5) is 5.24. The number of aromatic nitrogens is 2. The maximum absolute atomic E-state index is 13.1. The Labute approximate surface area is 126 Å². The number of nitrogens with zero attached hydrogens (tertiary/aromatic N) is 2.